The van der Waals surface area contributed by atoms with E-state index in [0.29, 0.717) is 5.38 Å². The van der Waals surface area contributed by atoms with Crippen LogP contribution in [0, 0.1) is 5.92 Å². The van der Waals surface area contributed by atoms with Crippen LogP contribution in [0.5, 0.6) is 0 Å². The molecule has 1 nitrogen and oxygen atoms in total. The lowest BCUT2D eigenvalue weighted by Crippen LogP contribution is -2.17. The summed E-state index contributed by atoms with van der Waals surface area (Å²) in [6.45, 7) is 0. The van der Waals surface area contributed by atoms with E-state index in [0.717, 1.165) is 5.92 Å². The summed E-state index contributed by atoms with van der Waals surface area (Å²) in [6, 6.07) is 4.22. The minimum absolute atomic E-state index is 0.413. The highest BCUT2D eigenvalue weighted by Crippen LogP contribution is 2.29. The smallest absolute Gasteiger partial charge is 0.0338 e. The Balaban J connectivity index is 1.91. The monoisotopic (exact) mass is 209 g/mol. The molecule has 0 aliphatic heterocycles. The summed E-state index contributed by atoms with van der Waals surface area (Å²) in [5, 5.41) is 0.413. The Labute approximate surface area is 90.5 Å². The molecular formula is C12H16ClN. The zero-order valence-electron chi connectivity index (χ0n) is 8.32. The Hall–Kier alpha value is -0.560. The number of hydrogen-bond donors (Lipinski definition) is 0. The molecule has 0 radical (unpaired) electrons. The van der Waals surface area contributed by atoms with Crippen LogP contribution in [0.4, 0.5) is 0 Å². The summed E-state index contributed by atoms with van der Waals surface area (Å²) in [5.41, 5.74) is 1.40. The third-order valence-electron chi connectivity index (χ3n) is 2.99. The molecule has 1 aliphatic carbocycles. The van der Waals surface area contributed by atoms with Crippen molar-refractivity contribution in [2.45, 2.75) is 37.5 Å². The fourth-order valence-electron chi connectivity index (χ4n) is 2.26. The molecule has 1 saturated carbocycles. The van der Waals surface area contributed by atoms with Crippen molar-refractivity contribution in [1.82, 2.24) is 4.98 Å². The van der Waals surface area contributed by atoms with Gasteiger partial charge in [-0.05, 0) is 42.9 Å². The van der Waals surface area contributed by atoms with Crippen molar-refractivity contribution in [3.63, 3.8) is 0 Å². The van der Waals surface area contributed by atoms with Gasteiger partial charge in [0.15, 0.2) is 0 Å². The van der Waals surface area contributed by atoms with E-state index in [2.05, 4.69) is 17.1 Å². The Bertz CT molecular complexity index is 273. The fraction of sp³-hybridized carbons (Fsp3) is 0.583. The summed E-state index contributed by atoms with van der Waals surface area (Å²) in [7, 11) is 0. The molecule has 1 aromatic heterocycles. The first-order valence-electron chi connectivity index (χ1n) is 5.37. The Morgan fingerprint density at radius 3 is 2.79 bits per heavy atom. The molecule has 1 fully saturated rings. The molecule has 0 bridgehead atoms. The standard InChI is InChI=1S/C12H16ClN/c13-12-3-1-2-11(9-12)8-10-4-6-14-7-5-10/h4-7,11-12H,1-3,8-9H2. The van der Waals surface area contributed by atoms with E-state index in [4.69, 9.17) is 11.6 Å². The second-order valence-corrected chi connectivity index (χ2v) is 4.81. The van der Waals surface area contributed by atoms with Crippen molar-refractivity contribution in [1.29, 1.82) is 0 Å². The van der Waals surface area contributed by atoms with Gasteiger partial charge in [0.25, 0.3) is 0 Å². The van der Waals surface area contributed by atoms with Crippen molar-refractivity contribution < 1.29 is 0 Å². The first-order chi connectivity index (χ1) is 6.84. The molecule has 76 valence electrons. The maximum atomic E-state index is 6.17. The van der Waals surface area contributed by atoms with Crippen LogP contribution in [0.3, 0.4) is 0 Å². The molecule has 2 rings (SSSR count). The molecule has 1 aliphatic rings. The number of pyridine rings is 1. The van der Waals surface area contributed by atoms with Crippen LogP contribution in [0.1, 0.15) is 31.2 Å². The van der Waals surface area contributed by atoms with Crippen LogP contribution < -0.4 is 0 Å². The topological polar surface area (TPSA) is 12.9 Å². The van der Waals surface area contributed by atoms with Gasteiger partial charge in [-0.3, -0.25) is 4.98 Å². The minimum atomic E-state index is 0.413. The van der Waals surface area contributed by atoms with Crippen LogP contribution in [-0.4, -0.2) is 10.4 Å². The summed E-state index contributed by atoms with van der Waals surface area (Å²) in [4.78, 5) is 4.03. The van der Waals surface area contributed by atoms with Crippen molar-refractivity contribution in [3.05, 3.63) is 30.1 Å². The molecule has 2 atom stereocenters. The summed E-state index contributed by atoms with van der Waals surface area (Å²) >= 11 is 6.17. The van der Waals surface area contributed by atoms with E-state index >= 15 is 0 Å². The third kappa shape index (κ3) is 2.71. The molecular weight excluding hydrogens is 194 g/mol. The highest BCUT2D eigenvalue weighted by Gasteiger charge is 2.20. The van der Waals surface area contributed by atoms with Crippen LogP contribution in [0.15, 0.2) is 24.5 Å². The summed E-state index contributed by atoms with van der Waals surface area (Å²) < 4.78 is 0. The number of rotatable bonds is 2. The summed E-state index contributed by atoms with van der Waals surface area (Å²) in [6.07, 6.45) is 9.94. The lowest BCUT2D eigenvalue weighted by atomic mass is 9.85. The van der Waals surface area contributed by atoms with Gasteiger partial charge in [0.1, 0.15) is 0 Å². The Morgan fingerprint density at radius 2 is 2.07 bits per heavy atom. The number of alkyl halides is 1. The Kier molecular flexibility index (Phi) is 3.41. The van der Waals surface area contributed by atoms with E-state index in [1.165, 1.54) is 37.7 Å². The van der Waals surface area contributed by atoms with E-state index in [9.17, 15) is 0 Å². The zero-order valence-corrected chi connectivity index (χ0v) is 9.08. The van der Waals surface area contributed by atoms with Crippen molar-refractivity contribution >= 4 is 11.6 Å². The van der Waals surface area contributed by atoms with Crippen molar-refractivity contribution in [2.24, 2.45) is 5.92 Å². The van der Waals surface area contributed by atoms with E-state index in [1.54, 1.807) is 0 Å². The van der Waals surface area contributed by atoms with Crippen LogP contribution in [-0.2, 0) is 6.42 Å². The first-order valence-corrected chi connectivity index (χ1v) is 5.81. The quantitative estimate of drug-likeness (QED) is 0.681. The zero-order chi connectivity index (χ0) is 9.80. The molecule has 1 heterocycles. The van der Waals surface area contributed by atoms with Crippen molar-refractivity contribution in [3.8, 4) is 0 Å². The van der Waals surface area contributed by atoms with Gasteiger partial charge in [-0.15, -0.1) is 11.6 Å². The molecule has 0 aromatic carbocycles. The SMILES string of the molecule is ClC1CCCC(Cc2ccncc2)C1. The average Bonchev–Trinajstić information content (AvgIpc) is 2.19. The molecule has 2 heteroatoms. The van der Waals surface area contributed by atoms with Crippen LogP contribution in [0.2, 0.25) is 0 Å². The lowest BCUT2D eigenvalue weighted by molar-refractivity contribution is 0.361. The molecule has 0 amide bonds. The van der Waals surface area contributed by atoms with Gasteiger partial charge < -0.3 is 0 Å². The van der Waals surface area contributed by atoms with Gasteiger partial charge in [-0.25, -0.2) is 0 Å². The number of hydrogen-bond acceptors (Lipinski definition) is 1. The van der Waals surface area contributed by atoms with Crippen LogP contribution >= 0.6 is 11.6 Å². The van der Waals surface area contributed by atoms with Gasteiger partial charge in [-0.2, -0.15) is 0 Å². The van der Waals surface area contributed by atoms with Gasteiger partial charge >= 0.3 is 0 Å². The first kappa shape index (κ1) is 9.97. The number of aromatic nitrogens is 1. The predicted octanol–water partition coefficient (Wildman–Crippen LogP) is 3.42. The normalized spacial score (nSPS) is 27.5. The summed E-state index contributed by atoms with van der Waals surface area (Å²) in [5.74, 6) is 0.786. The highest BCUT2D eigenvalue weighted by atomic mass is 35.5. The van der Waals surface area contributed by atoms with Gasteiger partial charge in [0, 0.05) is 17.8 Å². The second-order valence-electron chi connectivity index (χ2n) is 4.19. The van der Waals surface area contributed by atoms with Crippen molar-refractivity contribution in [2.75, 3.05) is 0 Å². The van der Waals surface area contributed by atoms with Gasteiger partial charge in [0.2, 0.25) is 0 Å². The third-order valence-corrected chi connectivity index (χ3v) is 3.39. The lowest BCUT2D eigenvalue weighted by Gasteiger charge is -2.25. The molecule has 0 spiro atoms. The highest BCUT2D eigenvalue weighted by molar-refractivity contribution is 6.20. The van der Waals surface area contributed by atoms with E-state index < -0.39 is 0 Å². The van der Waals surface area contributed by atoms with Gasteiger partial charge in [0.05, 0.1) is 0 Å². The average molecular weight is 210 g/mol. The number of halogens is 1. The van der Waals surface area contributed by atoms with Gasteiger partial charge in [-0.1, -0.05) is 12.8 Å². The minimum Gasteiger partial charge on any atom is -0.265 e. The maximum Gasteiger partial charge on any atom is 0.0338 e. The Morgan fingerprint density at radius 1 is 1.29 bits per heavy atom. The predicted molar refractivity (Wildman–Crippen MR) is 59.5 cm³/mol. The van der Waals surface area contributed by atoms with E-state index in [-0.39, 0.29) is 0 Å². The number of nitrogens with zero attached hydrogens (tertiary/aromatic N) is 1. The molecule has 1 aromatic rings. The largest absolute Gasteiger partial charge is 0.265 e. The van der Waals surface area contributed by atoms with Crippen LogP contribution in [0.25, 0.3) is 0 Å². The molecule has 0 saturated heterocycles. The van der Waals surface area contributed by atoms with E-state index in [1.807, 2.05) is 12.4 Å². The molecule has 2 unspecified atom stereocenters. The fourth-order valence-corrected chi connectivity index (χ4v) is 2.67. The second kappa shape index (κ2) is 4.79. The maximum absolute atomic E-state index is 6.17. The molecule has 0 N–H and O–H groups in total. The molecule has 14 heavy (non-hydrogen) atoms.